The molecule has 0 aromatic heterocycles. The lowest BCUT2D eigenvalue weighted by Crippen LogP contribution is -2.32. The Hall–Kier alpha value is -1.22. The van der Waals surface area contributed by atoms with Crippen molar-refractivity contribution in [2.45, 2.75) is 38.0 Å². The molecule has 18 heavy (non-hydrogen) atoms. The van der Waals surface area contributed by atoms with Crippen molar-refractivity contribution in [2.24, 2.45) is 5.73 Å². The number of nitrogens with two attached hydrogens (primary N) is 1. The molecule has 0 aliphatic heterocycles. The smallest absolute Gasteiger partial charge is 0.125 e. The SMILES string of the molecule is COc1cc(C2(CN)CCCC2)cc(OC)c1C. The van der Waals surface area contributed by atoms with Crippen molar-refractivity contribution in [3.63, 3.8) is 0 Å². The summed E-state index contributed by atoms with van der Waals surface area (Å²) in [5.74, 6) is 1.79. The molecule has 0 bridgehead atoms. The Labute approximate surface area is 109 Å². The van der Waals surface area contributed by atoms with Crippen LogP contribution in [0.15, 0.2) is 12.1 Å². The van der Waals surface area contributed by atoms with Crippen LogP contribution in [-0.2, 0) is 5.41 Å². The summed E-state index contributed by atoms with van der Waals surface area (Å²) in [5, 5.41) is 0. The molecule has 1 saturated carbocycles. The van der Waals surface area contributed by atoms with E-state index in [1.807, 2.05) is 6.92 Å². The molecule has 0 spiro atoms. The first-order valence-corrected chi connectivity index (χ1v) is 6.60. The second-order valence-electron chi connectivity index (χ2n) is 5.20. The normalized spacial score (nSPS) is 17.8. The largest absolute Gasteiger partial charge is 0.496 e. The minimum absolute atomic E-state index is 0.119. The molecule has 1 fully saturated rings. The summed E-state index contributed by atoms with van der Waals surface area (Å²) in [4.78, 5) is 0. The molecule has 1 aliphatic rings. The molecule has 0 heterocycles. The van der Waals surface area contributed by atoms with Gasteiger partial charge in [0.05, 0.1) is 14.2 Å². The van der Waals surface area contributed by atoms with Crippen molar-refractivity contribution < 1.29 is 9.47 Å². The minimum atomic E-state index is 0.119. The molecular weight excluding hydrogens is 226 g/mol. The van der Waals surface area contributed by atoms with Crippen LogP contribution in [-0.4, -0.2) is 20.8 Å². The Morgan fingerprint density at radius 2 is 1.61 bits per heavy atom. The molecule has 0 amide bonds. The molecule has 1 aromatic rings. The van der Waals surface area contributed by atoms with Crippen LogP contribution >= 0.6 is 0 Å². The van der Waals surface area contributed by atoms with Crippen LogP contribution in [0.4, 0.5) is 0 Å². The highest BCUT2D eigenvalue weighted by molar-refractivity contribution is 5.49. The van der Waals surface area contributed by atoms with E-state index < -0.39 is 0 Å². The highest BCUT2D eigenvalue weighted by atomic mass is 16.5. The standard InChI is InChI=1S/C15H23NO2/c1-11-13(17-2)8-12(9-14(11)18-3)15(10-16)6-4-5-7-15/h8-9H,4-7,10,16H2,1-3H3. The van der Waals surface area contributed by atoms with Gasteiger partial charge in [0.2, 0.25) is 0 Å². The van der Waals surface area contributed by atoms with Crippen LogP contribution in [0.5, 0.6) is 11.5 Å². The van der Waals surface area contributed by atoms with Crippen molar-refractivity contribution in [3.8, 4) is 11.5 Å². The minimum Gasteiger partial charge on any atom is -0.496 e. The van der Waals surface area contributed by atoms with Crippen LogP contribution in [0.1, 0.15) is 36.8 Å². The predicted molar refractivity (Wildman–Crippen MR) is 73.5 cm³/mol. The van der Waals surface area contributed by atoms with Crippen LogP contribution in [0.25, 0.3) is 0 Å². The summed E-state index contributed by atoms with van der Waals surface area (Å²) < 4.78 is 10.9. The maximum Gasteiger partial charge on any atom is 0.125 e. The number of benzene rings is 1. The molecule has 1 aliphatic carbocycles. The fraction of sp³-hybridized carbons (Fsp3) is 0.600. The number of ether oxygens (including phenoxy) is 2. The summed E-state index contributed by atoms with van der Waals surface area (Å²) in [6.07, 6.45) is 4.85. The van der Waals surface area contributed by atoms with Gasteiger partial charge in [-0.2, -0.15) is 0 Å². The van der Waals surface area contributed by atoms with E-state index in [1.54, 1.807) is 14.2 Å². The van der Waals surface area contributed by atoms with E-state index in [2.05, 4.69) is 12.1 Å². The lowest BCUT2D eigenvalue weighted by atomic mass is 9.78. The van der Waals surface area contributed by atoms with Gasteiger partial charge in [0, 0.05) is 17.5 Å². The first-order chi connectivity index (χ1) is 8.66. The molecule has 3 heteroatoms. The van der Waals surface area contributed by atoms with Crippen LogP contribution in [0.2, 0.25) is 0 Å². The van der Waals surface area contributed by atoms with Gasteiger partial charge >= 0.3 is 0 Å². The van der Waals surface area contributed by atoms with Crippen molar-refractivity contribution in [2.75, 3.05) is 20.8 Å². The average Bonchev–Trinajstić information content (AvgIpc) is 2.89. The Bertz CT molecular complexity index is 397. The molecule has 3 nitrogen and oxygen atoms in total. The summed E-state index contributed by atoms with van der Waals surface area (Å²) in [5.41, 5.74) is 8.48. The van der Waals surface area contributed by atoms with Gasteiger partial charge in [-0.05, 0) is 37.5 Å². The van der Waals surface area contributed by atoms with Crippen molar-refractivity contribution >= 4 is 0 Å². The molecular formula is C15H23NO2. The van der Waals surface area contributed by atoms with E-state index in [-0.39, 0.29) is 5.41 Å². The number of hydrogen-bond donors (Lipinski definition) is 1. The van der Waals surface area contributed by atoms with Crippen LogP contribution in [0, 0.1) is 6.92 Å². The fourth-order valence-corrected chi connectivity index (χ4v) is 3.05. The van der Waals surface area contributed by atoms with E-state index in [9.17, 15) is 0 Å². The molecule has 1 aromatic carbocycles. The monoisotopic (exact) mass is 249 g/mol. The molecule has 0 atom stereocenters. The van der Waals surface area contributed by atoms with E-state index in [4.69, 9.17) is 15.2 Å². The zero-order chi connectivity index (χ0) is 13.2. The number of rotatable bonds is 4. The van der Waals surface area contributed by atoms with Crippen molar-refractivity contribution in [1.29, 1.82) is 0 Å². The van der Waals surface area contributed by atoms with Crippen molar-refractivity contribution in [1.82, 2.24) is 0 Å². The Morgan fingerprint density at radius 1 is 1.11 bits per heavy atom. The Morgan fingerprint density at radius 3 is 2.00 bits per heavy atom. The third-order valence-electron chi connectivity index (χ3n) is 4.32. The molecule has 0 radical (unpaired) electrons. The quantitative estimate of drug-likeness (QED) is 0.892. The maximum atomic E-state index is 6.04. The number of hydrogen-bond acceptors (Lipinski definition) is 3. The zero-order valence-corrected chi connectivity index (χ0v) is 11.6. The maximum absolute atomic E-state index is 6.04. The highest BCUT2D eigenvalue weighted by Gasteiger charge is 2.35. The van der Waals surface area contributed by atoms with Crippen molar-refractivity contribution in [3.05, 3.63) is 23.3 Å². The van der Waals surface area contributed by atoms with Gasteiger partial charge in [0.15, 0.2) is 0 Å². The molecule has 2 rings (SSSR count). The van der Waals surface area contributed by atoms with Gasteiger partial charge < -0.3 is 15.2 Å². The van der Waals surface area contributed by atoms with Gasteiger partial charge in [-0.25, -0.2) is 0 Å². The number of methoxy groups -OCH3 is 2. The predicted octanol–water partition coefficient (Wildman–Crippen LogP) is 2.78. The first-order valence-electron chi connectivity index (χ1n) is 6.60. The Kier molecular flexibility index (Phi) is 3.81. The first kappa shape index (κ1) is 13.2. The summed E-state index contributed by atoms with van der Waals surface area (Å²) in [7, 11) is 3.41. The Balaban J connectivity index is 2.50. The van der Waals surface area contributed by atoms with Gasteiger partial charge in [0.25, 0.3) is 0 Å². The second-order valence-corrected chi connectivity index (χ2v) is 5.20. The van der Waals surface area contributed by atoms with E-state index >= 15 is 0 Å². The van der Waals surface area contributed by atoms with Gasteiger partial charge in [-0.15, -0.1) is 0 Å². The molecule has 0 unspecified atom stereocenters. The van der Waals surface area contributed by atoms with E-state index in [0.29, 0.717) is 6.54 Å². The third-order valence-corrected chi connectivity index (χ3v) is 4.32. The van der Waals surface area contributed by atoms with Crippen LogP contribution in [0.3, 0.4) is 0 Å². The topological polar surface area (TPSA) is 44.5 Å². The fourth-order valence-electron chi connectivity index (χ4n) is 3.05. The molecule has 2 N–H and O–H groups in total. The second kappa shape index (κ2) is 5.19. The highest BCUT2D eigenvalue weighted by Crippen LogP contribution is 2.43. The summed E-state index contributed by atoms with van der Waals surface area (Å²) in [6, 6.07) is 4.27. The zero-order valence-electron chi connectivity index (χ0n) is 11.6. The summed E-state index contributed by atoms with van der Waals surface area (Å²) in [6.45, 7) is 2.72. The lowest BCUT2D eigenvalue weighted by Gasteiger charge is -2.29. The average molecular weight is 249 g/mol. The van der Waals surface area contributed by atoms with E-state index in [0.717, 1.165) is 17.1 Å². The molecule has 100 valence electrons. The summed E-state index contributed by atoms with van der Waals surface area (Å²) >= 11 is 0. The van der Waals surface area contributed by atoms with Gasteiger partial charge in [-0.1, -0.05) is 12.8 Å². The molecule has 0 saturated heterocycles. The third kappa shape index (κ3) is 2.07. The van der Waals surface area contributed by atoms with Crippen LogP contribution < -0.4 is 15.2 Å². The van der Waals surface area contributed by atoms with Gasteiger partial charge in [0.1, 0.15) is 11.5 Å². The van der Waals surface area contributed by atoms with Gasteiger partial charge in [-0.3, -0.25) is 0 Å². The van der Waals surface area contributed by atoms with E-state index in [1.165, 1.54) is 31.2 Å². The lowest BCUT2D eigenvalue weighted by molar-refractivity contribution is 0.380.